The van der Waals surface area contributed by atoms with Gasteiger partial charge in [-0.3, -0.25) is 4.79 Å². The van der Waals surface area contributed by atoms with E-state index < -0.39 is 0 Å². The fourth-order valence-corrected chi connectivity index (χ4v) is 3.91. The molecule has 0 spiro atoms. The third-order valence-electron chi connectivity index (χ3n) is 4.71. The fraction of sp³-hybridized carbons (Fsp3) is 0.174. The normalized spacial score (nSPS) is 10.9. The third kappa shape index (κ3) is 4.46. The van der Waals surface area contributed by atoms with Crippen molar-refractivity contribution in [2.24, 2.45) is 0 Å². The number of carbonyl (C=O) groups excluding carboxylic acids is 1. The average molecular weight is 419 g/mol. The lowest BCUT2D eigenvalue weighted by molar-refractivity contribution is -0.118. The van der Waals surface area contributed by atoms with Crippen molar-refractivity contribution in [1.29, 1.82) is 0 Å². The van der Waals surface area contributed by atoms with E-state index in [0.29, 0.717) is 6.54 Å². The van der Waals surface area contributed by atoms with E-state index in [-0.39, 0.29) is 11.7 Å². The Labute approximate surface area is 179 Å². The van der Waals surface area contributed by atoms with Crippen molar-refractivity contribution in [3.05, 3.63) is 78.1 Å². The van der Waals surface area contributed by atoms with Crippen molar-refractivity contribution >= 4 is 23.2 Å². The highest BCUT2D eigenvalue weighted by molar-refractivity contribution is 8.00. The Bertz CT molecular complexity index is 1170. The van der Waals surface area contributed by atoms with Gasteiger partial charge >= 0.3 is 0 Å². The summed E-state index contributed by atoms with van der Waals surface area (Å²) in [4.78, 5) is 16.8. The van der Waals surface area contributed by atoms with Gasteiger partial charge < -0.3 is 10.1 Å². The topological polar surface area (TPSA) is 68.5 Å². The summed E-state index contributed by atoms with van der Waals surface area (Å²) in [7, 11) is 1.62. The molecule has 1 amide bonds. The van der Waals surface area contributed by atoms with Gasteiger partial charge in [-0.2, -0.15) is 5.10 Å². The molecule has 4 aromatic rings. The highest BCUT2D eigenvalue weighted by atomic mass is 32.2. The fourth-order valence-electron chi connectivity index (χ4n) is 3.10. The van der Waals surface area contributed by atoms with E-state index in [1.54, 1.807) is 17.8 Å². The molecular weight excluding hydrogens is 396 g/mol. The quantitative estimate of drug-likeness (QED) is 0.457. The number of para-hydroxylation sites is 1. The standard InChI is InChI=1S/C23H22N4O2S/c1-16-7-9-17(10-8-16)19-13-20-23(24-11-12-27(20)26-19)30-15-22(28)25-14-18-5-3-4-6-21(18)29-2/h3-13H,14-15H2,1-2H3,(H,25,28). The first kappa shape index (κ1) is 20.0. The Morgan fingerprint density at radius 2 is 1.97 bits per heavy atom. The maximum Gasteiger partial charge on any atom is 0.230 e. The molecule has 0 bridgehead atoms. The van der Waals surface area contributed by atoms with E-state index in [1.165, 1.54) is 17.3 Å². The van der Waals surface area contributed by atoms with Gasteiger partial charge in [0, 0.05) is 30.1 Å². The van der Waals surface area contributed by atoms with Crippen LogP contribution in [0.2, 0.25) is 0 Å². The van der Waals surface area contributed by atoms with Crippen LogP contribution in [0.25, 0.3) is 16.8 Å². The number of aromatic nitrogens is 3. The predicted octanol–water partition coefficient (Wildman–Crippen LogP) is 4.12. The van der Waals surface area contributed by atoms with Gasteiger partial charge in [-0.05, 0) is 19.1 Å². The lowest BCUT2D eigenvalue weighted by atomic mass is 10.1. The van der Waals surface area contributed by atoms with Crippen LogP contribution in [0.3, 0.4) is 0 Å². The van der Waals surface area contributed by atoms with Gasteiger partial charge in [-0.25, -0.2) is 9.50 Å². The number of fused-ring (bicyclic) bond motifs is 1. The van der Waals surface area contributed by atoms with Crippen molar-refractivity contribution in [2.75, 3.05) is 12.9 Å². The minimum absolute atomic E-state index is 0.0621. The van der Waals surface area contributed by atoms with E-state index in [1.807, 2.05) is 36.5 Å². The Kier molecular flexibility index (Phi) is 5.99. The maximum absolute atomic E-state index is 12.4. The number of ether oxygens (including phenoxy) is 1. The first-order valence-corrected chi connectivity index (χ1v) is 10.6. The molecule has 0 saturated carbocycles. The maximum atomic E-state index is 12.4. The van der Waals surface area contributed by atoms with Crippen LogP contribution >= 0.6 is 11.8 Å². The van der Waals surface area contributed by atoms with Gasteiger partial charge in [-0.1, -0.05) is 59.8 Å². The lowest BCUT2D eigenvalue weighted by Crippen LogP contribution is -2.24. The molecule has 6 nitrogen and oxygen atoms in total. The van der Waals surface area contributed by atoms with E-state index in [9.17, 15) is 4.79 Å². The zero-order chi connectivity index (χ0) is 20.9. The van der Waals surface area contributed by atoms with Crippen LogP contribution in [0.4, 0.5) is 0 Å². The number of aryl methyl sites for hydroxylation is 1. The third-order valence-corrected chi connectivity index (χ3v) is 5.70. The zero-order valence-corrected chi connectivity index (χ0v) is 17.6. The lowest BCUT2D eigenvalue weighted by Gasteiger charge is -2.09. The monoisotopic (exact) mass is 418 g/mol. The molecule has 7 heteroatoms. The smallest absolute Gasteiger partial charge is 0.230 e. The van der Waals surface area contributed by atoms with Crippen LogP contribution in [-0.2, 0) is 11.3 Å². The summed E-state index contributed by atoms with van der Waals surface area (Å²) in [6, 6.07) is 17.9. The van der Waals surface area contributed by atoms with Gasteiger partial charge in [0.1, 0.15) is 10.8 Å². The zero-order valence-electron chi connectivity index (χ0n) is 16.8. The molecule has 0 saturated heterocycles. The number of thioether (sulfide) groups is 1. The molecule has 2 aromatic heterocycles. The number of rotatable bonds is 7. The Morgan fingerprint density at radius 3 is 2.77 bits per heavy atom. The van der Waals surface area contributed by atoms with Crippen molar-refractivity contribution in [1.82, 2.24) is 19.9 Å². The summed E-state index contributed by atoms with van der Waals surface area (Å²) in [5, 5.41) is 8.36. The number of nitrogens with one attached hydrogen (secondary N) is 1. The molecule has 2 aromatic carbocycles. The number of methoxy groups -OCH3 is 1. The number of carbonyl (C=O) groups is 1. The molecule has 0 radical (unpaired) electrons. The van der Waals surface area contributed by atoms with Crippen LogP contribution < -0.4 is 10.1 Å². The second-order valence-corrected chi connectivity index (χ2v) is 7.80. The highest BCUT2D eigenvalue weighted by Crippen LogP contribution is 2.26. The highest BCUT2D eigenvalue weighted by Gasteiger charge is 2.12. The second kappa shape index (κ2) is 9.00. The Hall–Kier alpha value is -3.32. The number of hydrogen-bond acceptors (Lipinski definition) is 5. The molecule has 0 aliphatic carbocycles. The van der Waals surface area contributed by atoms with Crippen LogP contribution in [0.15, 0.2) is 72.0 Å². The van der Waals surface area contributed by atoms with Crippen molar-refractivity contribution in [3.8, 4) is 17.0 Å². The van der Waals surface area contributed by atoms with E-state index in [4.69, 9.17) is 4.74 Å². The van der Waals surface area contributed by atoms with E-state index in [2.05, 4.69) is 46.6 Å². The van der Waals surface area contributed by atoms with Gasteiger partial charge in [0.15, 0.2) is 0 Å². The van der Waals surface area contributed by atoms with Crippen molar-refractivity contribution < 1.29 is 9.53 Å². The summed E-state index contributed by atoms with van der Waals surface area (Å²) in [5.41, 5.74) is 4.97. The van der Waals surface area contributed by atoms with Gasteiger partial charge in [0.2, 0.25) is 5.91 Å². The number of hydrogen-bond donors (Lipinski definition) is 1. The van der Waals surface area contributed by atoms with Gasteiger partial charge in [-0.15, -0.1) is 0 Å². The molecule has 0 unspecified atom stereocenters. The van der Waals surface area contributed by atoms with Gasteiger partial charge in [0.05, 0.1) is 24.1 Å². The summed E-state index contributed by atoms with van der Waals surface area (Å²) >= 11 is 1.40. The van der Waals surface area contributed by atoms with Gasteiger partial charge in [0.25, 0.3) is 0 Å². The van der Waals surface area contributed by atoms with Crippen molar-refractivity contribution in [2.45, 2.75) is 18.5 Å². The largest absolute Gasteiger partial charge is 0.496 e. The minimum Gasteiger partial charge on any atom is -0.496 e. The molecule has 30 heavy (non-hydrogen) atoms. The van der Waals surface area contributed by atoms with Crippen molar-refractivity contribution in [3.63, 3.8) is 0 Å². The molecule has 0 aliphatic rings. The Morgan fingerprint density at radius 1 is 1.17 bits per heavy atom. The molecule has 0 atom stereocenters. The summed E-state index contributed by atoms with van der Waals surface area (Å²) in [6.07, 6.45) is 3.52. The molecule has 0 aliphatic heterocycles. The number of benzene rings is 2. The molecule has 152 valence electrons. The first-order chi connectivity index (χ1) is 14.6. The summed E-state index contributed by atoms with van der Waals surface area (Å²) < 4.78 is 7.13. The van der Waals surface area contributed by atoms with Crippen LogP contribution in [0, 0.1) is 6.92 Å². The van der Waals surface area contributed by atoms with Crippen LogP contribution in [0.1, 0.15) is 11.1 Å². The van der Waals surface area contributed by atoms with E-state index in [0.717, 1.165) is 33.1 Å². The second-order valence-electron chi connectivity index (χ2n) is 6.84. The number of nitrogens with zero attached hydrogens (tertiary/aromatic N) is 3. The van der Waals surface area contributed by atoms with E-state index >= 15 is 0 Å². The van der Waals surface area contributed by atoms with Crippen LogP contribution in [0.5, 0.6) is 5.75 Å². The predicted molar refractivity (Wildman–Crippen MR) is 119 cm³/mol. The summed E-state index contributed by atoms with van der Waals surface area (Å²) in [5.74, 6) is 0.972. The number of amides is 1. The molecular formula is C23H22N4O2S. The first-order valence-electron chi connectivity index (χ1n) is 9.57. The average Bonchev–Trinajstić information content (AvgIpc) is 3.22. The molecule has 0 fully saturated rings. The Balaban J connectivity index is 1.43. The molecule has 2 heterocycles. The minimum atomic E-state index is -0.0621. The SMILES string of the molecule is COc1ccccc1CNC(=O)CSc1nccn2nc(-c3ccc(C)cc3)cc12. The molecule has 4 rings (SSSR count). The molecule has 1 N–H and O–H groups in total. The van der Waals surface area contributed by atoms with Crippen LogP contribution in [-0.4, -0.2) is 33.4 Å². The summed E-state index contributed by atoms with van der Waals surface area (Å²) in [6.45, 7) is 2.48.